The number of hydrogen-bond donors (Lipinski definition) is 2. The van der Waals surface area contributed by atoms with E-state index >= 15 is 0 Å². The fraction of sp³-hybridized carbons (Fsp3) is 0.615. The van der Waals surface area contributed by atoms with Crippen LogP contribution in [0.15, 0.2) is 12.3 Å². The Hall–Kier alpha value is -1.29. The standard InChI is InChI=1S/C13H20N2O2/c1-9-3-4-11(8-16)7-15(9)13(17)12-5-6-14-10(12)2/h5-6,9,11,14,16H,3-4,7-8H2,1-2H3. The Morgan fingerprint density at radius 2 is 2.35 bits per heavy atom. The number of carbonyl (C=O) groups is 1. The Bertz CT molecular complexity index is 400. The van der Waals surface area contributed by atoms with Crippen LogP contribution >= 0.6 is 0 Å². The third-order valence-electron chi connectivity index (χ3n) is 3.68. The quantitative estimate of drug-likeness (QED) is 0.818. The van der Waals surface area contributed by atoms with Gasteiger partial charge in [0, 0.05) is 31.1 Å². The Morgan fingerprint density at radius 1 is 1.59 bits per heavy atom. The van der Waals surface area contributed by atoms with E-state index in [1.165, 1.54) is 0 Å². The van der Waals surface area contributed by atoms with E-state index in [0.717, 1.165) is 24.1 Å². The lowest BCUT2D eigenvalue weighted by molar-refractivity contribution is 0.0488. The molecule has 2 heterocycles. The van der Waals surface area contributed by atoms with Gasteiger partial charge < -0.3 is 15.0 Å². The molecule has 0 aliphatic carbocycles. The molecule has 0 spiro atoms. The van der Waals surface area contributed by atoms with Gasteiger partial charge in [-0.1, -0.05) is 0 Å². The van der Waals surface area contributed by atoms with E-state index in [1.807, 2.05) is 17.9 Å². The van der Waals surface area contributed by atoms with Crippen LogP contribution in [0.25, 0.3) is 0 Å². The average Bonchev–Trinajstić information content (AvgIpc) is 2.75. The number of carbonyl (C=O) groups excluding carboxylic acids is 1. The first kappa shape index (κ1) is 12.2. The van der Waals surface area contributed by atoms with Gasteiger partial charge in [0.2, 0.25) is 0 Å². The number of aliphatic hydroxyl groups excluding tert-OH is 1. The number of piperidine rings is 1. The van der Waals surface area contributed by atoms with Crippen molar-refractivity contribution in [3.8, 4) is 0 Å². The van der Waals surface area contributed by atoms with Crippen LogP contribution in [0, 0.1) is 12.8 Å². The van der Waals surface area contributed by atoms with Gasteiger partial charge in [0.15, 0.2) is 0 Å². The van der Waals surface area contributed by atoms with Crippen molar-refractivity contribution in [1.82, 2.24) is 9.88 Å². The number of hydrogen-bond acceptors (Lipinski definition) is 2. The first-order valence-electron chi connectivity index (χ1n) is 6.19. The van der Waals surface area contributed by atoms with Gasteiger partial charge in [0.05, 0.1) is 5.56 Å². The predicted octanol–water partition coefficient (Wildman–Crippen LogP) is 1.56. The lowest BCUT2D eigenvalue weighted by Gasteiger charge is -2.37. The molecule has 1 amide bonds. The molecule has 17 heavy (non-hydrogen) atoms. The van der Waals surface area contributed by atoms with E-state index < -0.39 is 0 Å². The Balaban J connectivity index is 2.15. The molecule has 1 saturated heterocycles. The number of aryl methyl sites for hydroxylation is 1. The molecule has 0 saturated carbocycles. The van der Waals surface area contributed by atoms with Crippen molar-refractivity contribution in [2.45, 2.75) is 32.7 Å². The fourth-order valence-electron chi connectivity index (χ4n) is 2.45. The summed E-state index contributed by atoms with van der Waals surface area (Å²) in [5.41, 5.74) is 1.66. The van der Waals surface area contributed by atoms with Crippen molar-refractivity contribution in [2.24, 2.45) is 5.92 Å². The Morgan fingerprint density at radius 3 is 2.94 bits per heavy atom. The normalized spacial score (nSPS) is 25.0. The van der Waals surface area contributed by atoms with E-state index in [4.69, 9.17) is 0 Å². The van der Waals surface area contributed by atoms with E-state index in [2.05, 4.69) is 11.9 Å². The number of nitrogens with one attached hydrogen (secondary N) is 1. The third-order valence-corrected chi connectivity index (χ3v) is 3.68. The zero-order valence-electron chi connectivity index (χ0n) is 10.4. The molecule has 0 aromatic carbocycles. The molecule has 0 bridgehead atoms. The summed E-state index contributed by atoms with van der Waals surface area (Å²) >= 11 is 0. The summed E-state index contributed by atoms with van der Waals surface area (Å²) in [5.74, 6) is 0.309. The molecule has 1 aliphatic heterocycles. The summed E-state index contributed by atoms with van der Waals surface area (Å²) in [5, 5.41) is 9.22. The summed E-state index contributed by atoms with van der Waals surface area (Å²) < 4.78 is 0. The van der Waals surface area contributed by atoms with Gasteiger partial charge in [-0.3, -0.25) is 4.79 Å². The van der Waals surface area contributed by atoms with Crippen LogP contribution < -0.4 is 0 Å². The molecule has 1 aromatic rings. The van der Waals surface area contributed by atoms with E-state index in [-0.39, 0.29) is 24.5 Å². The van der Waals surface area contributed by atoms with Crippen molar-refractivity contribution in [3.05, 3.63) is 23.5 Å². The van der Waals surface area contributed by atoms with Crippen LogP contribution in [0.3, 0.4) is 0 Å². The lowest BCUT2D eigenvalue weighted by Crippen LogP contribution is -2.46. The topological polar surface area (TPSA) is 56.3 Å². The average molecular weight is 236 g/mol. The minimum absolute atomic E-state index is 0.0781. The molecule has 94 valence electrons. The van der Waals surface area contributed by atoms with Gasteiger partial charge >= 0.3 is 0 Å². The van der Waals surface area contributed by atoms with Crippen LogP contribution in [-0.4, -0.2) is 40.1 Å². The first-order valence-corrected chi connectivity index (χ1v) is 6.19. The number of H-pyrrole nitrogens is 1. The van der Waals surface area contributed by atoms with Crippen molar-refractivity contribution >= 4 is 5.91 Å². The van der Waals surface area contributed by atoms with Crippen LogP contribution in [0.5, 0.6) is 0 Å². The van der Waals surface area contributed by atoms with E-state index in [9.17, 15) is 9.90 Å². The molecular formula is C13H20N2O2. The van der Waals surface area contributed by atoms with Gasteiger partial charge in [-0.2, -0.15) is 0 Å². The van der Waals surface area contributed by atoms with E-state index in [0.29, 0.717) is 6.54 Å². The number of aromatic nitrogens is 1. The van der Waals surface area contributed by atoms with Crippen molar-refractivity contribution in [1.29, 1.82) is 0 Å². The van der Waals surface area contributed by atoms with Crippen molar-refractivity contribution in [2.75, 3.05) is 13.2 Å². The zero-order valence-corrected chi connectivity index (χ0v) is 10.4. The molecule has 2 atom stereocenters. The monoisotopic (exact) mass is 236 g/mol. The highest BCUT2D eigenvalue weighted by Gasteiger charge is 2.29. The summed E-state index contributed by atoms with van der Waals surface area (Å²) in [6, 6.07) is 2.09. The lowest BCUT2D eigenvalue weighted by atomic mass is 9.93. The van der Waals surface area contributed by atoms with Gasteiger partial charge in [-0.05, 0) is 38.7 Å². The molecule has 4 heteroatoms. The maximum absolute atomic E-state index is 12.4. The summed E-state index contributed by atoms with van der Waals surface area (Å²) in [7, 11) is 0. The second-order valence-electron chi connectivity index (χ2n) is 4.95. The molecule has 2 unspecified atom stereocenters. The molecule has 0 radical (unpaired) electrons. The van der Waals surface area contributed by atoms with Crippen molar-refractivity contribution < 1.29 is 9.90 Å². The van der Waals surface area contributed by atoms with E-state index in [1.54, 1.807) is 6.20 Å². The second kappa shape index (κ2) is 4.92. The second-order valence-corrected chi connectivity index (χ2v) is 4.95. The highest BCUT2D eigenvalue weighted by Crippen LogP contribution is 2.24. The summed E-state index contributed by atoms with van der Waals surface area (Å²) in [6.07, 6.45) is 3.77. The Kier molecular flexibility index (Phi) is 3.52. The number of amides is 1. The van der Waals surface area contributed by atoms with Crippen LogP contribution in [0.1, 0.15) is 35.8 Å². The molecule has 1 aromatic heterocycles. The number of likely N-dealkylation sites (tertiary alicyclic amines) is 1. The highest BCUT2D eigenvalue weighted by molar-refractivity contribution is 5.95. The van der Waals surface area contributed by atoms with Crippen LogP contribution in [0.2, 0.25) is 0 Å². The van der Waals surface area contributed by atoms with Crippen LogP contribution in [0.4, 0.5) is 0 Å². The SMILES string of the molecule is Cc1[nH]ccc1C(=O)N1CC(CO)CCC1C. The van der Waals surface area contributed by atoms with Gasteiger partial charge in [-0.15, -0.1) is 0 Å². The zero-order chi connectivity index (χ0) is 12.4. The smallest absolute Gasteiger partial charge is 0.255 e. The maximum Gasteiger partial charge on any atom is 0.255 e. The number of nitrogens with zero attached hydrogens (tertiary/aromatic N) is 1. The number of aliphatic hydroxyl groups is 1. The molecular weight excluding hydrogens is 216 g/mol. The summed E-state index contributed by atoms with van der Waals surface area (Å²) in [4.78, 5) is 17.3. The largest absolute Gasteiger partial charge is 0.396 e. The Labute approximate surface area is 102 Å². The van der Waals surface area contributed by atoms with Crippen molar-refractivity contribution in [3.63, 3.8) is 0 Å². The predicted molar refractivity (Wildman–Crippen MR) is 65.8 cm³/mol. The minimum atomic E-state index is 0.0781. The van der Waals surface area contributed by atoms with Gasteiger partial charge in [0.25, 0.3) is 5.91 Å². The molecule has 1 fully saturated rings. The van der Waals surface area contributed by atoms with Crippen LogP contribution in [-0.2, 0) is 0 Å². The fourth-order valence-corrected chi connectivity index (χ4v) is 2.45. The summed E-state index contributed by atoms with van der Waals surface area (Å²) in [6.45, 7) is 4.82. The first-order chi connectivity index (χ1) is 8.13. The minimum Gasteiger partial charge on any atom is -0.396 e. The molecule has 2 N–H and O–H groups in total. The molecule has 4 nitrogen and oxygen atoms in total. The highest BCUT2D eigenvalue weighted by atomic mass is 16.3. The number of aromatic amines is 1. The maximum atomic E-state index is 12.4. The van der Waals surface area contributed by atoms with Gasteiger partial charge in [-0.25, -0.2) is 0 Å². The molecule has 2 rings (SSSR count). The van der Waals surface area contributed by atoms with Gasteiger partial charge in [0.1, 0.15) is 0 Å². The molecule has 1 aliphatic rings. The number of rotatable bonds is 2. The third kappa shape index (κ3) is 2.36.